The van der Waals surface area contributed by atoms with Crippen LogP contribution < -0.4 is 34.2 Å². The van der Waals surface area contributed by atoms with Crippen LogP contribution in [0.1, 0.15) is 44.4 Å². The van der Waals surface area contributed by atoms with Crippen molar-refractivity contribution in [1.82, 2.24) is 4.98 Å². The first kappa shape index (κ1) is 42.1. The second kappa shape index (κ2) is 26.6. The molecule has 15 nitrogen and oxygen atoms in total. The van der Waals surface area contributed by atoms with Gasteiger partial charge in [0.25, 0.3) is 0 Å². The molecule has 1 aromatic heterocycles. The zero-order valence-electron chi connectivity index (χ0n) is 26.0. The smallest absolute Gasteiger partial charge is 0.320 e. The number of aliphatic carboxylic acids is 3. The lowest BCUT2D eigenvalue weighted by Gasteiger charge is -2.07. The summed E-state index contributed by atoms with van der Waals surface area (Å²) in [7, 11) is 0. The maximum Gasteiger partial charge on any atom is 0.320 e. The Labute approximate surface area is 263 Å². The molecule has 0 aliphatic rings. The number of guanidine groups is 1. The Bertz CT molecular complexity index is 1190. The molecule has 15 heteroatoms. The van der Waals surface area contributed by atoms with Crippen LogP contribution in [0.5, 0.6) is 0 Å². The molecule has 0 fully saturated rings. The Morgan fingerprint density at radius 3 is 1.76 bits per heavy atom. The molecule has 45 heavy (non-hydrogen) atoms. The van der Waals surface area contributed by atoms with E-state index in [1.54, 1.807) is 18.3 Å². The molecule has 0 radical (unpaired) electrons. The molecule has 0 bridgehead atoms. The molecule has 1 heterocycles. The number of hydrogen-bond acceptors (Lipinski definition) is 10. The monoisotopic (exact) mass is 632 g/mol. The van der Waals surface area contributed by atoms with Crippen LogP contribution >= 0.6 is 0 Å². The Balaban J connectivity index is 0. The summed E-state index contributed by atoms with van der Waals surface area (Å²) in [5.41, 5.74) is 24.8. The first-order valence-corrected chi connectivity index (χ1v) is 13.8. The molecular weight excluding hydrogens is 584 g/mol. The predicted molar refractivity (Wildman–Crippen MR) is 174 cm³/mol. The molecule has 0 spiro atoms. The van der Waals surface area contributed by atoms with Crippen molar-refractivity contribution in [3.8, 4) is 0 Å². The lowest BCUT2D eigenvalue weighted by molar-refractivity contribution is -0.139. The molecule has 14 N–H and O–H groups in total. The van der Waals surface area contributed by atoms with Crippen molar-refractivity contribution in [2.45, 2.75) is 58.5 Å². The van der Waals surface area contributed by atoms with Crippen molar-refractivity contribution in [1.29, 1.82) is 0 Å². The number of aryl methyl sites for hydroxylation is 1. The number of benzene rings is 2. The number of nitrogens with two attached hydrogens (primary N) is 5. The minimum atomic E-state index is -1.00. The fourth-order valence-corrected chi connectivity index (χ4v) is 2.84. The average Bonchev–Trinajstić information content (AvgIpc) is 3.47. The summed E-state index contributed by atoms with van der Waals surface area (Å²) in [5.74, 6) is 3.63. The van der Waals surface area contributed by atoms with Crippen molar-refractivity contribution >= 4 is 29.6 Å². The molecule has 2 atom stereocenters. The number of anilines is 1. The average molecular weight is 633 g/mol. The quantitative estimate of drug-likeness (QED) is 0.0481. The van der Waals surface area contributed by atoms with Crippen molar-refractivity contribution < 1.29 is 34.1 Å². The van der Waals surface area contributed by atoms with Gasteiger partial charge in [-0.3, -0.25) is 25.2 Å². The molecule has 2 aromatic carbocycles. The summed E-state index contributed by atoms with van der Waals surface area (Å²) in [6, 6.07) is 17.2. The number of aromatic nitrogens is 1. The van der Waals surface area contributed by atoms with Gasteiger partial charge in [-0.2, -0.15) is 0 Å². The van der Waals surface area contributed by atoms with Crippen LogP contribution in [-0.4, -0.2) is 62.8 Å². The first-order valence-electron chi connectivity index (χ1n) is 13.8. The summed E-state index contributed by atoms with van der Waals surface area (Å²) >= 11 is 0. The standard InChI is InChI=1S/C8H8O2.C6H14N4O2.C6H8N2.C6H13NO2.C4H5NO/c9-8(10)6-7-4-2-1-3-5-7;7-4(5(11)12)2-1-3-10-6(8)9;7-8-6-4-2-1-3-5-6;1-4(2)3-5(7)6(8)9;1-4-2-5-3-6-4/h1-5H,6H2,(H,9,10);4H,1-3,7H2,(H,11,12)(H4,8,9,10);1-5,8H,7H2;4-5H,3,7H2,1-2H3,(H,8,9);2-3H,1H3/t;4-;;5-;/m.0.0./s1. The zero-order valence-corrected chi connectivity index (χ0v) is 26.0. The Kier molecular flexibility index (Phi) is 24.9. The molecule has 0 aliphatic carbocycles. The van der Waals surface area contributed by atoms with Crippen molar-refractivity contribution in [2.24, 2.45) is 39.7 Å². The van der Waals surface area contributed by atoms with Crippen LogP contribution in [0.3, 0.4) is 0 Å². The summed E-state index contributed by atoms with van der Waals surface area (Å²) in [5, 5.41) is 25.1. The lowest BCUT2D eigenvalue weighted by atomic mass is 10.1. The number of carboxylic acid groups (broad SMARTS) is 3. The first-order chi connectivity index (χ1) is 21.2. The Morgan fingerprint density at radius 2 is 1.44 bits per heavy atom. The van der Waals surface area contributed by atoms with Gasteiger partial charge in [-0.05, 0) is 49.8 Å². The number of nitrogen functional groups attached to an aromatic ring is 1. The second-order valence-corrected chi connectivity index (χ2v) is 9.65. The minimum absolute atomic E-state index is 0.0129. The lowest BCUT2D eigenvalue weighted by Crippen LogP contribution is -2.31. The van der Waals surface area contributed by atoms with E-state index in [0.717, 1.165) is 17.0 Å². The van der Waals surface area contributed by atoms with E-state index in [-0.39, 0.29) is 12.4 Å². The predicted octanol–water partition coefficient (Wildman–Crippen LogP) is 2.17. The summed E-state index contributed by atoms with van der Waals surface area (Å²) in [6.45, 7) is 6.17. The molecule has 250 valence electrons. The summed E-state index contributed by atoms with van der Waals surface area (Å²) in [6.07, 6.45) is 4.70. The summed E-state index contributed by atoms with van der Waals surface area (Å²) in [4.78, 5) is 37.8. The molecule has 3 aromatic rings. The van der Waals surface area contributed by atoms with Gasteiger partial charge in [0.05, 0.1) is 12.6 Å². The minimum Gasteiger partial charge on any atom is -0.481 e. The van der Waals surface area contributed by atoms with E-state index in [0.29, 0.717) is 31.7 Å². The maximum absolute atomic E-state index is 10.2. The molecule has 0 saturated heterocycles. The third-order valence-electron chi connectivity index (χ3n) is 5.02. The van der Waals surface area contributed by atoms with Gasteiger partial charge in [-0.15, -0.1) is 0 Å². The van der Waals surface area contributed by atoms with Gasteiger partial charge in [0, 0.05) is 12.2 Å². The summed E-state index contributed by atoms with van der Waals surface area (Å²) < 4.78 is 4.72. The number of carboxylic acids is 3. The van der Waals surface area contributed by atoms with Crippen molar-refractivity contribution in [2.75, 3.05) is 12.0 Å². The largest absolute Gasteiger partial charge is 0.481 e. The molecule has 0 aliphatic heterocycles. The number of para-hydroxylation sites is 1. The van der Waals surface area contributed by atoms with Gasteiger partial charge in [-0.25, -0.2) is 4.98 Å². The third-order valence-corrected chi connectivity index (χ3v) is 5.02. The van der Waals surface area contributed by atoms with E-state index in [4.69, 9.17) is 48.5 Å². The Hall–Kier alpha value is -4.99. The van der Waals surface area contributed by atoms with Crippen molar-refractivity contribution in [3.63, 3.8) is 0 Å². The van der Waals surface area contributed by atoms with E-state index in [2.05, 4.69) is 15.4 Å². The molecular formula is C30H48N8O7. The normalized spacial score (nSPS) is 10.7. The number of rotatable bonds is 11. The van der Waals surface area contributed by atoms with E-state index in [9.17, 15) is 14.4 Å². The highest BCUT2D eigenvalue weighted by Crippen LogP contribution is 2.02. The van der Waals surface area contributed by atoms with Gasteiger partial charge >= 0.3 is 17.9 Å². The molecule has 0 amide bonds. The number of nitrogens with zero attached hydrogens (tertiary/aromatic N) is 2. The number of hydrazine groups is 1. The number of carbonyl (C=O) groups is 3. The highest BCUT2D eigenvalue weighted by Gasteiger charge is 2.12. The molecule has 0 unspecified atom stereocenters. The zero-order chi connectivity index (χ0) is 34.6. The topological polar surface area (TPSA) is 292 Å². The van der Waals surface area contributed by atoms with Gasteiger partial charge in [0.2, 0.25) is 0 Å². The van der Waals surface area contributed by atoms with E-state index < -0.39 is 30.0 Å². The molecule has 3 rings (SSSR count). The van der Waals surface area contributed by atoms with Crippen LogP contribution in [0, 0.1) is 12.8 Å². The van der Waals surface area contributed by atoms with Crippen LogP contribution in [0.25, 0.3) is 0 Å². The van der Waals surface area contributed by atoms with Crippen LogP contribution in [0.4, 0.5) is 5.69 Å². The number of aliphatic imine (C=N–C) groups is 1. The molecule has 0 saturated carbocycles. The highest BCUT2D eigenvalue weighted by atomic mass is 16.4. The van der Waals surface area contributed by atoms with E-state index in [1.807, 2.05) is 69.3 Å². The van der Waals surface area contributed by atoms with Crippen LogP contribution in [-0.2, 0) is 20.8 Å². The maximum atomic E-state index is 10.2. The van der Waals surface area contributed by atoms with Gasteiger partial charge in [0.15, 0.2) is 12.4 Å². The highest BCUT2D eigenvalue weighted by molar-refractivity contribution is 5.75. The van der Waals surface area contributed by atoms with Crippen LogP contribution in [0.2, 0.25) is 0 Å². The van der Waals surface area contributed by atoms with Crippen molar-refractivity contribution in [3.05, 3.63) is 84.6 Å². The van der Waals surface area contributed by atoms with E-state index in [1.165, 1.54) is 6.39 Å². The number of hydrogen-bond donors (Lipinski definition) is 9. The number of nitrogens with one attached hydrogen (secondary N) is 1. The fraction of sp³-hybridized carbons (Fsp3) is 0.367. The van der Waals surface area contributed by atoms with Crippen LogP contribution in [0.15, 0.2) is 82.7 Å². The van der Waals surface area contributed by atoms with Gasteiger partial charge < -0.3 is 48.1 Å². The van der Waals surface area contributed by atoms with Gasteiger partial charge in [0.1, 0.15) is 17.8 Å². The third kappa shape index (κ3) is 28.9. The second-order valence-electron chi connectivity index (χ2n) is 9.65. The fourth-order valence-electron chi connectivity index (χ4n) is 2.84. The number of oxazole rings is 1. The SMILES string of the molecule is CC(C)C[C@H](N)C(=O)O.Cc1cnco1.NC(N)=NCCC[C@H](N)C(=O)O.NNc1ccccc1.O=C(O)Cc1ccccc1. The van der Waals surface area contributed by atoms with E-state index >= 15 is 0 Å². The van der Waals surface area contributed by atoms with Gasteiger partial charge in [-0.1, -0.05) is 62.4 Å². The Morgan fingerprint density at radius 1 is 0.911 bits per heavy atom.